The third-order valence-corrected chi connectivity index (χ3v) is 5.45. The molecule has 1 aromatic carbocycles. The lowest BCUT2D eigenvalue weighted by Gasteiger charge is -2.08. The molecule has 0 radical (unpaired) electrons. The summed E-state index contributed by atoms with van der Waals surface area (Å²) in [5.41, 5.74) is 1.98. The van der Waals surface area contributed by atoms with Crippen molar-refractivity contribution < 1.29 is 14.3 Å². The highest BCUT2D eigenvalue weighted by Crippen LogP contribution is 2.25. The first-order valence-corrected chi connectivity index (χ1v) is 9.11. The number of esters is 1. The number of nitrogens with one attached hydrogen (secondary N) is 1. The molecular formula is C19H19N3O4S. The third-order valence-electron chi connectivity index (χ3n) is 4.33. The van der Waals surface area contributed by atoms with Crippen LogP contribution in [0.15, 0.2) is 35.4 Å². The van der Waals surface area contributed by atoms with Gasteiger partial charge in [0.2, 0.25) is 5.91 Å². The maximum absolute atomic E-state index is 12.6. The number of nitrogens with zero attached hydrogens (tertiary/aromatic N) is 2. The van der Waals surface area contributed by atoms with Gasteiger partial charge in [-0.1, -0.05) is 12.1 Å². The Kier molecular flexibility index (Phi) is 5.36. The fraction of sp³-hybridized carbons (Fsp3) is 0.263. The minimum atomic E-state index is -0.410. The molecule has 27 heavy (non-hydrogen) atoms. The summed E-state index contributed by atoms with van der Waals surface area (Å²) in [6.07, 6.45) is 1.41. The second kappa shape index (κ2) is 7.71. The number of hydrogen-bond acceptors (Lipinski definition) is 6. The maximum atomic E-state index is 12.6. The SMILES string of the molecule is COC(=O)c1ccc(CNC(=O)Cn2cnc3sc(C)c(C)c3c2=O)cc1. The van der Waals surface area contributed by atoms with E-state index in [4.69, 9.17) is 0 Å². The number of amides is 1. The van der Waals surface area contributed by atoms with Gasteiger partial charge >= 0.3 is 5.97 Å². The number of hydrogen-bond donors (Lipinski definition) is 1. The lowest BCUT2D eigenvalue weighted by Crippen LogP contribution is -2.32. The van der Waals surface area contributed by atoms with E-state index in [2.05, 4.69) is 15.0 Å². The molecule has 0 saturated carbocycles. The van der Waals surface area contributed by atoms with E-state index < -0.39 is 5.97 Å². The van der Waals surface area contributed by atoms with Crippen molar-refractivity contribution >= 4 is 33.4 Å². The summed E-state index contributed by atoms with van der Waals surface area (Å²) in [6, 6.07) is 6.75. The molecule has 0 spiro atoms. The number of fused-ring (bicyclic) bond motifs is 1. The highest BCUT2D eigenvalue weighted by Gasteiger charge is 2.13. The highest BCUT2D eigenvalue weighted by molar-refractivity contribution is 7.18. The number of carbonyl (C=O) groups is 2. The van der Waals surface area contributed by atoms with Crippen molar-refractivity contribution in [3.8, 4) is 0 Å². The van der Waals surface area contributed by atoms with Gasteiger partial charge in [-0.05, 0) is 37.1 Å². The quantitative estimate of drug-likeness (QED) is 0.680. The van der Waals surface area contributed by atoms with Crippen LogP contribution in [0.4, 0.5) is 0 Å². The zero-order valence-corrected chi connectivity index (χ0v) is 16.1. The summed E-state index contributed by atoms with van der Waals surface area (Å²) in [6.45, 7) is 4.03. The van der Waals surface area contributed by atoms with E-state index in [-0.39, 0.29) is 18.0 Å². The van der Waals surface area contributed by atoms with Gasteiger partial charge in [-0.2, -0.15) is 0 Å². The first-order chi connectivity index (χ1) is 12.9. The van der Waals surface area contributed by atoms with Crippen LogP contribution >= 0.6 is 11.3 Å². The lowest BCUT2D eigenvalue weighted by atomic mass is 10.1. The number of thiophene rings is 1. The molecule has 3 rings (SSSR count). The van der Waals surface area contributed by atoms with E-state index in [1.165, 1.54) is 29.3 Å². The lowest BCUT2D eigenvalue weighted by molar-refractivity contribution is -0.121. The van der Waals surface area contributed by atoms with Crippen LogP contribution in [0.1, 0.15) is 26.4 Å². The fourth-order valence-corrected chi connectivity index (χ4v) is 3.66. The largest absolute Gasteiger partial charge is 0.465 e. The summed E-state index contributed by atoms with van der Waals surface area (Å²) in [7, 11) is 1.32. The number of rotatable bonds is 5. The van der Waals surface area contributed by atoms with Gasteiger partial charge in [0.05, 0.1) is 24.4 Å². The average molecular weight is 385 g/mol. The van der Waals surface area contributed by atoms with Crippen LogP contribution in [-0.2, 0) is 22.6 Å². The zero-order chi connectivity index (χ0) is 19.6. The van der Waals surface area contributed by atoms with Crippen LogP contribution in [0.25, 0.3) is 10.2 Å². The Morgan fingerprint density at radius 3 is 2.59 bits per heavy atom. The van der Waals surface area contributed by atoms with Crippen LogP contribution in [0, 0.1) is 13.8 Å². The number of aromatic nitrogens is 2. The normalized spacial score (nSPS) is 10.8. The molecule has 2 aromatic heterocycles. The van der Waals surface area contributed by atoms with Crippen molar-refractivity contribution in [3.05, 3.63) is 62.5 Å². The Balaban J connectivity index is 1.67. The van der Waals surface area contributed by atoms with E-state index in [1.54, 1.807) is 24.3 Å². The molecule has 0 aliphatic rings. The van der Waals surface area contributed by atoms with Gasteiger partial charge in [0.25, 0.3) is 5.56 Å². The van der Waals surface area contributed by atoms with Crippen LogP contribution in [0.3, 0.4) is 0 Å². The van der Waals surface area contributed by atoms with Gasteiger partial charge in [-0.15, -0.1) is 11.3 Å². The number of methoxy groups -OCH3 is 1. The van der Waals surface area contributed by atoms with E-state index in [0.29, 0.717) is 22.3 Å². The summed E-state index contributed by atoms with van der Waals surface area (Å²) in [4.78, 5) is 42.3. The van der Waals surface area contributed by atoms with Gasteiger partial charge < -0.3 is 10.1 Å². The summed E-state index contributed by atoms with van der Waals surface area (Å²) < 4.78 is 5.96. The number of ether oxygens (including phenoxy) is 1. The Morgan fingerprint density at radius 2 is 1.93 bits per heavy atom. The molecule has 0 fully saturated rings. The van der Waals surface area contributed by atoms with Crippen LogP contribution in [0.2, 0.25) is 0 Å². The van der Waals surface area contributed by atoms with Gasteiger partial charge in [-0.3, -0.25) is 14.2 Å². The molecule has 1 N–H and O–H groups in total. The maximum Gasteiger partial charge on any atom is 0.337 e. The van der Waals surface area contributed by atoms with Crippen LogP contribution < -0.4 is 10.9 Å². The Morgan fingerprint density at radius 1 is 1.22 bits per heavy atom. The molecular weight excluding hydrogens is 366 g/mol. The number of benzene rings is 1. The molecule has 0 aliphatic carbocycles. The molecule has 0 bridgehead atoms. The molecule has 0 unspecified atom stereocenters. The molecule has 0 atom stereocenters. The first-order valence-electron chi connectivity index (χ1n) is 8.29. The zero-order valence-electron chi connectivity index (χ0n) is 15.2. The molecule has 0 aliphatic heterocycles. The third kappa shape index (κ3) is 3.90. The summed E-state index contributed by atoms with van der Waals surface area (Å²) in [5, 5.41) is 3.34. The molecule has 1 amide bonds. The van der Waals surface area contributed by atoms with Crippen molar-refractivity contribution in [2.75, 3.05) is 7.11 Å². The Bertz CT molecular complexity index is 1070. The number of carbonyl (C=O) groups excluding carboxylic acids is 2. The second-order valence-electron chi connectivity index (χ2n) is 6.11. The van der Waals surface area contributed by atoms with Gasteiger partial charge in [0, 0.05) is 11.4 Å². The summed E-state index contributed by atoms with van der Waals surface area (Å²) >= 11 is 1.47. The second-order valence-corrected chi connectivity index (χ2v) is 7.31. The van der Waals surface area contributed by atoms with Crippen molar-refractivity contribution in [1.82, 2.24) is 14.9 Å². The van der Waals surface area contributed by atoms with Crippen molar-refractivity contribution in [2.24, 2.45) is 0 Å². The topological polar surface area (TPSA) is 90.3 Å². The minimum Gasteiger partial charge on any atom is -0.465 e. The highest BCUT2D eigenvalue weighted by atomic mass is 32.1. The van der Waals surface area contributed by atoms with Crippen LogP contribution in [0.5, 0.6) is 0 Å². The summed E-state index contributed by atoms with van der Waals surface area (Å²) in [5.74, 6) is -0.702. The Labute approximate surface area is 159 Å². The first kappa shape index (κ1) is 18.8. The van der Waals surface area contributed by atoms with E-state index in [9.17, 15) is 14.4 Å². The predicted octanol–water partition coefficient (Wildman–Crippen LogP) is 2.18. The fourth-order valence-electron chi connectivity index (χ4n) is 2.67. The van der Waals surface area contributed by atoms with E-state index in [1.807, 2.05) is 13.8 Å². The average Bonchev–Trinajstić information content (AvgIpc) is 2.97. The van der Waals surface area contributed by atoms with Crippen molar-refractivity contribution in [1.29, 1.82) is 0 Å². The molecule has 0 saturated heterocycles. The molecule has 2 heterocycles. The molecule has 8 heteroatoms. The smallest absolute Gasteiger partial charge is 0.337 e. The predicted molar refractivity (Wildman–Crippen MR) is 103 cm³/mol. The van der Waals surface area contributed by atoms with Gasteiger partial charge in [0.15, 0.2) is 0 Å². The van der Waals surface area contributed by atoms with Crippen molar-refractivity contribution in [3.63, 3.8) is 0 Å². The Hall–Kier alpha value is -3.00. The molecule has 7 nitrogen and oxygen atoms in total. The molecule has 140 valence electrons. The van der Waals surface area contributed by atoms with Crippen molar-refractivity contribution in [2.45, 2.75) is 26.9 Å². The monoisotopic (exact) mass is 385 g/mol. The number of aryl methyl sites for hydroxylation is 2. The standard InChI is InChI=1S/C19H19N3O4S/c1-11-12(2)27-17-16(11)18(24)22(10-21-17)9-15(23)20-8-13-4-6-14(7-5-13)19(25)26-3/h4-7,10H,8-9H2,1-3H3,(H,20,23). The van der Waals surface area contributed by atoms with E-state index >= 15 is 0 Å². The van der Waals surface area contributed by atoms with Gasteiger partial charge in [0.1, 0.15) is 11.4 Å². The van der Waals surface area contributed by atoms with Crippen LogP contribution in [-0.4, -0.2) is 28.5 Å². The van der Waals surface area contributed by atoms with Gasteiger partial charge in [-0.25, -0.2) is 9.78 Å². The van der Waals surface area contributed by atoms with E-state index in [0.717, 1.165) is 16.0 Å². The minimum absolute atomic E-state index is 0.101. The molecule has 3 aromatic rings.